The molecule has 12 atom stereocenters. The molecule has 0 aromatic heterocycles. The van der Waals surface area contributed by atoms with Crippen LogP contribution < -0.4 is 0 Å². The van der Waals surface area contributed by atoms with Crippen molar-refractivity contribution in [2.45, 2.75) is 121 Å². The van der Waals surface area contributed by atoms with Crippen molar-refractivity contribution in [1.29, 1.82) is 0 Å². The van der Waals surface area contributed by atoms with E-state index in [-0.39, 0.29) is 59.6 Å². The zero-order valence-corrected chi connectivity index (χ0v) is 27.3. The monoisotopic (exact) mass is 688 g/mol. The van der Waals surface area contributed by atoms with E-state index in [1.54, 1.807) is 6.92 Å². The number of hydrogen-bond donors (Lipinski definition) is 2. The van der Waals surface area contributed by atoms with Gasteiger partial charge in [0.25, 0.3) is 12.6 Å². The molecule has 9 nitrogen and oxygen atoms in total. The molecule has 0 bridgehead atoms. The highest BCUT2D eigenvalue weighted by Gasteiger charge is 2.67. The number of esters is 1. The lowest BCUT2D eigenvalue weighted by molar-refractivity contribution is -0.259. The third kappa shape index (κ3) is 6.53. The lowest BCUT2D eigenvalue weighted by atomic mass is 9.43. The van der Waals surface area contributed by atoms with Gasteiger partial charge in [-0.3, -0.25) is 14.1 Å². The van der Waals surface area contributed by atoms with Gasteiger partial charge in [-0.05, 0) is 98.7 Å². The minimum absolute atomic E-state index is 0.0110. The molecule has 46 heavy (non-hydrogen) atoms. The van der Waals surface area contributed by atoms with E-state index in [0.717, 1.165) is 19.3 Å². The molecule has 0 amide bonds. The molecule has 2 unspecified atom stereocenters. The first-order valence-corrected chi connectivity index (χ1v) is 17.2. The van der Waals surface area contributed by atoms with Crippen LogP contribution in [0, 0.1) is 46.3 Å². The predicted molar refractivity (Wildman–Crippen MR) is 153 cm³/mol. The summed E-state index contributed by atoms with van der Waals surface area (Å²) >= 11 is 0. The summed E-state index contributed by atoms with van der Waals surface area (Å²) in [6.07, 6.45) is -7.38. The predicted octanol–water partition coefficient (Wildman–Crippen LogP) is 6.06. The van der Waals surface area contributed by atoms with Crippen molar-refractivity contribution in [2.24, 2.45) is 46.3 Å². The fourth-order valence-corrected chi connectivity index (χ4v) is 10.3. The zero-order chi connectivity index (χ0) is 34.6. The molecule has 0 saturated heterocycles. The Balaban J connectivity index is 1.50. The summed E-state index contributed by atoms with van der Waals surface area (Å²) in [7, 11) is -6.54. The van der Waals surface area contributed by atoms with Gasteiger partial charge in [-0.15, -0.1) is 0 Å². The average molecular weight is 689 g/mol. The highest BCUT2D eigenvalue weighted by atomic mass is 32.2. The maximum Gasteiger partial charge on any atom is 0.432 e. The molecule has 0 aromatic carbocycles. The number of halogens is 5. The number of aliphatic hydroxyl groups is 1. The zero-order valence-electron chi connectivity index (χ0n) is 26.5. The number of alkyl halides is 5. The van der Waals surface area contributed by atoms with Gasteiger partial charge in [-0.25, -0.2) is 0 Å². The van der Waals surface area contributed by atoms with Crippen LogP contribution in [0.5, 0.6) is 0 Å². The van der Waals surface area contributed by atoms with E-state index >= 15 is 0 Å². The number of hydrogen-bond acceptors (Lipinski definition) is 8. The third-order valence-corrected chi connectivity index (χ3v) is 13.0. The van der Waals surface area contributed by atoms with E-state index in [4.69, 9.17) is 14.0 Å². The Morgan fingerprint density at radius 3 is 2.30 bits per heavy atom. The molecule has 4 aliphatic carbocycles. The van der Waals surface area contributed by atoms with Crippen molar-refractivity contribution in [1.82, 2.24) is 0 Å². The Bertz CT molecular complexity index is 1280. The quantitative estimate of drug-likeness (QED) is 0.0873. The minimum Gasteiger partial charge on any atom is -0.496 e. The Morgan fingerprint density at radius 2 is 1.74 bits per heavy atom. The highest BCUT2D eigenvalue weighted by molar-refractivity contribution is 7.86. The largest absolute Gasteiger partial charge is 0.496 e. The SMILES string of the molecule is C=C(C)O[C@@H]1CC[C@@]2(C)C(C1)C[C@@H](OC=O)[C@H]1[C@@H]3CC[C@H]([C@H](C)CCC(=O)OC(C(F)(F)F)C(F)(F)S(=O)(=O)O)[C@@]3(C)[C@@H](O)C[C@@H]12. The van der Waals surface area contributed by atoms with Crippen LogP contribution in [-0.2, 0) is 33.9 Å². The van der Waals surface area contributed by atoms with Crippen LogP contribution in [0.15, 0.2) is 12.3 Å². The van der Waals surface area contributed by atoms with Crippen LogP contribution in [0.25, 0.3) is 0 Å². The van der Waals surface area contributed by atoms with Gasteiger partial charge in [-0.2, -0.15) is 30.4 Å². The Kier molecular flexibility index (Phi) is 10.2. The van der Waals surface area contributed by atoms with Gasteiger partial charge in [0.1, 0.15) is 6.10 Å². The van der Waals surface area contributed by atoms with Crippen molar-refractivity contribution >= 4 is 22.6 Å². The number of aliphatic hydroxyl groups excluding tert-OH is 1. The second kappa shape index (κ2) is 12.8. The van der Waals surface area contributed by atoms with E-state index in [0.29, 0.717) is 37.9 Å². The Labute approximate surface area is 266 Å². The summed E-state index contributed by atoms with van der Waals surface area (Å²) in [5, 5.41) is 6.02. The van der Waals surface area contributed by atoms with Crippen LogP contribution >= 0.6 is 0 Å². The maximum atomic E-state index is 13.9. The molecule has 2 N–H and O–H groups in total. The number of carbonyl (C=O) groups is 2. The molecular weight excluding hydrogens is 643 g/mol. The lowest BCUT2D eigenvalue weighted by Crippen LogP contribution is -2.62. The van der Waals surface area contributed by atoms with Crippen molar-refractivity contribution in [2.75, 3.05) is 0 Å². The van der Waals surface area contributed by atoms with Gasteiger partial charge in [-0.1, -0.05) is 27.4 Å². The second-order valence-electron chi connectivity index (χ2n) is 14.5. The highest BCUT2D eigenvalue weighted by Crippen LogP contribution is 2.69. The smallest absolute Gasteiger partial charge is 0.432 e. The number of fused-ring (bicyclic) bond motifs is 5. The average Bonchev–Trinajstić information content (AvgIpc) is 3.28. The van der Waals surface area contributed by atoms with Crippen LogP contribution in [0.2, 0.25) is 0 Å². The molecule has 0 spiro atoms. The molecule has 4 saturated carbocycles. The van der Waals surface area contributed by atoms with E-state index < -0.39 is 51.6 Å². The Hall–Kier alpha value is -2.00. The van der Waals surface area contributed by atoms with Crippen LogP contribution in [0.4, 0.5) is 22.0 Å². The van der Waals surface area contributed by atoms with Gasteiger partial charge in [0.15, 0.2) is 0 Å². The minimum atomic E-state index is -6.54. The standard InChI is InChI=1S/C31H45F5O9S/c1-16(2)44-19-10-11-28(4)18(12-19)13-23(43-15-37)26-21-8-7-20(29(21,5)24(38)14-22(26)28)17(3)6-9-25(39)45-27(30(32,33)34)31(35,36)46(40,41)42/h15,17-24,26-27,38H,1,6-14H2,2-5H3,(H,40,41,42)/t17-,18?,19-,20-,21+,22+,23-,24+,26+,27?,28+,29-/m1/s1. The molecule has 4 aliphatic rings. The van der Waals surface area contributed by atoms with Gasteiger partial charge >= 0.3 is 27.5 Å². The first-order valence-electron chi connectivity index (χ1n) is 15.8. The fraction of sp³-hybridized carbons (Fsp3) is 0.871. The van der Waals surface area contributed by atoms with Crippen LogP contribution in [0.1, 0.15) is 85.5 Å². The maximum absolute atomic E-state index is 13.9. The van der Waals surface area contributed by atoms with Gasteiger partial charge < -0.3 is 19.3 Å². The number of ether oxygens (including phenoxy) is 3. The van der Waals surface area contributed by atoms with Crippen LogP contribution in [0.3, 0.4) is 0 Å². The van der Waals surface area contributed by atoms with E-state index in [1.807, 2.05) is 13.8 Å². The number of carbonyl (C=O) groups excluding carboxylic acids is 2. The van der Waals surface area contributed by atoms with Gasteiger partial charge in [0.05, 0.1) is 18.0 Å². The summed E-state index contributed by atoms with van der Waals surface area (Å²) in [5.74, 6) is -1.48. The third-order valence-electron chi connectivity index (χ3n) is 12.1. The first kappa shape index (κ1) is 36.8. The summed E-state index contributed by atoms with van der Waals surface area (Å²) in [6.45, 7) is 12.1. The number of allylic oxidation sites excluding steroid dienone is 1. The van der Waals surface area contributed by atoms with Crippen LogP contribution in [-0.4, -0.2) is 66.4 Å². The van der Waals surface area contributed by atoms with E-state index in [9.17, 15) is 45.1 Å². The summed E-state index contributed by atoms with van der Waals surface area (Å²) in [5.41, 5.74) is -0.817. The molecule has 4 rings (SSSR count). The summed E-state index contributed by atoms with van der Waals surface area (Å²) < 4.78 is 114. The lowest BCUT2D eigenvalue weighted by Gasteiger charge is -2.63. The van der Waals surface area contributed by atoms with Crippen molar-refractivity contribution in [3.63, 3.8) is 0 Å². The van der Waals surface area contributed by atoms with Crippen molar-refractivity contribution in [3.05, 3.63) is 12.3 Å². The first-order chi connectivity index (χ1) is 21.1. The normalized spacial score (nSPS) is 39.2. The van der Waals surface area contributed by atoms with Crippen molar-refractivity contribution in [3.8, 4) is 0 Å². The molecule has 0 heterocycles. The van der Waals surface area contributed by atoms with Gasteiger partial charge in [0, 0.05) is 12.3 Å². The summed E-state index contributed by atoms with van der Waals surface area (Å²) in [4.78, 5) is 24.0. The topological polar surface area (TPSA) is 136 Å². The van der Waals surface area contributed by atoms with Gasteiger partial charge in [0.2, 0.25) is 0 Å². The van der Waals surface area contributed by atoms with E-state index in [1.165, 1.54) is 0 Å². The summed E-state index contributed by atoms with van der Waals surface area (Å²) in [6, 6.07) is 0. The number of rotatable bonds is 11. The molecule has 264 valence electrons. The second-order valence-corrected chi connectivity index (χ2v) is 16.0. The molecule has 15 heteroatoms. The van der Waals surface area contributed by atoms with Crippen molar-refractivity contribution < 1.29 is 63.8 Å². The molecule has 4 fully saturated rings. The Morgan fingerprint density at radius 1 is 1.09 bits per heavy atom. The molecule has 0 aliphatic heterocycles. The molecule has 0 radical (unpaired) electrons. The molecular formula is C31H45F5O9S. The fourth-order valence-electron chi connectivity index (χ4n) is 9.89. The molecule has 0 aromatic rings. The van der Waals surface area contributed by atoms with E-state index in [2.05, 4.69) is 18.2 Å².